The molecule has 1 aromatic heterocycles. The molecule has 0 radical (unpaired) electrons. The minimum absolute atomic E-state index is 0.0222. The molecule has 0 bridgehead atoms. The Morgan fingerprint density at radius 3 is 2.42 bits per heavy atom. The molecule has 0 saturated heterocycles. The second-order valence-electron chi connectivity index (χ2n) is 6.45. The molecule has 4 nitrogen and oxygen atoms in total. The molecular weight excluding hydrogens is 324 g/mol. The lowest BCUT2D eigenvalue weighted by molar-refractivity contribution is -0.116. The van der Waals surface area contributed by atoms with Crippen LogP contribution in [0.2, 0.25) is 0 Å². The van der Waals surface area contributed by atoms with Crippen LogP contribution in [0, 0.1) is 6.92 Å². The number of benzene rings is 2. The van der Waals surface area contributed by atoms with Gasteiger partial charge in [-0.1, -0.05) is 42.0 Å². The van der Waals surface area contributed by atoms with Crippen LogP contribution in [0.4, 0.5) is 5.69 Å². The largest absolute Gasteiger partial charge is 0.346 e. The number of nitrogens with zero attached hydrogens (tertiary/aromatic N) is 1. The van der Waals surface area contributed by atoms with Crippen molar-refractivity contribution in [2.75, 3.05) is 5.32 Å². The summed E-state index contributed by atoms with van der Waals surface area (Å²) in [7, 11) is 0. The molecule has 0 aliphatic carbocycles. The number of hydrogen-bond acceptors (Lipinski definition) is 2. The normalized spacial score (nSPS) is 11.8. The van der Waals surface area contributed by atoms with Crippen molar-refractivity contribution < 1.29 is 9.59 Å². The first kappa shape index (κ1) is 17.7. The van der Waals surface area contributed by atoms with Gasteiger partial charge in [0.2, 0.25) is 5.91 Å². The van der Waals surface area contributed by atoms with E-state index in [0.717, 1.165) is 11.1 Å². The number of aryl methyl sites for hydroxylation is 1. The Hall–Kier alpha value is -3.14. The summed E-state index contributed by atoms with van der Waals surface area (Å²) in [6.07, 6.45) is 4.25. The first-order chi connectivity index (χ1) is 12.5. The molecule has 3 aromatic rings. The third kappa shape index (κ3) is 4.28. The maximum Gasteiger partial charge on any atom is 0.226 e. The zero-order chi connectivity index (χ0) is 18.5. The number of ketones is 1. The smallest absolute Gasteiger partial charge is 0.226 e. The van der Waals surface area contributed by atoms with Gasteiger partial charge < -0.3 is 9.88 Å². The van der Waals surface area contributed by atoms with Gasteiger partial charge in [0.1, 0.15) is 0 Å². The number of carbonyl (C=O) groups is 2. The summed E-state index contributed by atoms with van der Waals surface area (Å²) in [4.78, 5) is 24.2. The van der Waals surface area contributed by atoms with E-state index in [0.29, 0.717) is 17.7 Å². The lowest BCUT2D eigenvalue weighted by Crippen LogP contribution is -2.19. The first-order valence-electron chi connectivity index (χ1n) is 8.63. The second-order valence-corrected chi connectivity index (χ2v) is 6.45. The lowest BCUT2D eigenvalue weighted by atomic mass is 10.0. The van der Waals surface area contributed by atoms with Crippen molar-refractivity contribution in [1.82, 2.24) is 4.57 Å². The van der Waals surface area contributed by atoms with Gasteiger partial charge >= 0.3 is 0 Å². The maximum absolute atomic E-state index is 12.6. The zero-order valence-corrected chi connectivity index (χ0v) is 15.0. The van der Waals surface area contributed by atoms with Crippen molar-refractivity contribution in [2.24, 2.45) is 0 Å². The van der Waals surface area contributed by atoms with Crippen molar-refractivity contribution in [3.8, 4) is 0 Å². The van der Waals surface area contributed by atoms with E-state index in [9.17, 15) is 9.59 Å². The van der Waals surface area contributed by atoms with Gasteiger partial charge in [-0.05, 0) is 43.7 Å². The van der Waals surface area contributed by atoms with Gasteiger partial charge in [0, 0.05) is 23.6 Å². The highest BCUT2D eigenvalue weighted by atomic mass is 16.1. The monoisotopic (exact) mass is 346 g/mol. The third-order valence-electron chi connectivity index (χ3n) is 4.35. The molecule has 132 valence electrons. The fourth-order valence-electron chi connectivity index (χ4n) is 3.03. The van der Waals surface area contributed by atoms with Crippen LogP contribution in [0.1, 0.15) is 40.9 Å². The number of Topliss-reactive ketones (excluding diaryl/α,β-unsaturated/α-hetero) is 1. The van der Waals surface area contributed by atoms with Crippen LogP contribution in [0.5, 0.6) is 0 Å². The van der Waals surface area contributed by atoms with Crippen molar-refractivity contribution >= 4 is 17.4 Å². The molecule has 0 spiro atoms. The summed E-state index contributed by atoms with van der Waals surface area (Å²) in [5.74, 6) is -0.114. The molecule has 1 heterocycles. The number of rotatable bonds is 6. The fourth-order valence-corrected chi connectivity index (χ4v) is 3.03. The number of hydrogen-bond donors (Lipinski definition) is 1. The van der Waals surface area contributed by atoms with Gasteiger partial charge in [-0.15, -0.1) is 0 Å². The molecule has 0 fully saturated rings. The number of aromatic nitrogens is 1. The van der Waals surface area contributed by atoms with Crippen molar-refractivity contribution in [1.29, 1.82) is 0 Å². The summed E-state index contributed by atoms with van der Waals surface area (Å²) in [6.45, 7) is 3.56. The van der Waals surface area contributed by atoms with E-state index in [-0.39, 0.29) is 17.7 Å². The molecule has 0 saturated carbocycles. The quantitative estimate of drug-likeness (QED) is 0.662. The number of carbonyl (C=O) groups excluding carboxylic acids is 2. The summed E-state index contributed by atoms with van der Waals surface area (Å²) in [6, 6.07) is 19.0. The Balaban J connectivity index is 1.80. The van der Waals surface area contributed by atoms with Gasteiger partial charge in [0.25, 0.3) is 0 Å². The van der Waals surface area contributed by atoms with Gasteiger partial charge in [-0.25, -0.2) is 0 Å². The number of anilines is 1. The van der Waals surface area contributed by atoms with Crippen molar-refractivity contribution in [2.45, 2.75) is 26.3 Å². The molecule has 26 heavy (non-hydrogen) atoms. The average molecular weight is 346 g/mol. The van der Waals surface area contributed by atoms with E-state index in [4.69, 9.17) is 0 Å². The van der Waals surface area contributed by atoms with Gasteiger partial charge in [-0.2, -0.15) is 0 Å². The lowest BCUT2D eigenvalue weighted by Gasteiger charge is -2.20. The van der Waals surface area contributed by atoms with E-state index in [1.165, 1.54) is 6.92 Å². The van der Waals surface area contributed by atoms with Crippen LogP contribution < -0.4 is 5.32 Å². The molecule has 1 atom stereocenters. The number of nitrogens with one attached hydrogen (secondary N) is 1. The SMILES string of the molecule is CC(=O)c1cccc(NC(=O)CC(c2cccc(C)c2)n2cccc2)c1. The molecule has 0 aliphatic heterocycles. The minimum atomic E-state index is -0.0918. The second kappa shape index (κ2) is 7.83. The molecule has 1 N–H and O–H groups in total. The topological polar surface area (TPSA) is 51.1 Å². The average Bonchev–Trinajstić information content (AvgIpc) is 3.14. The van der Waals surface area contributed by atoms with E-state index in [1.807, 2.05) is 54.2 Å². The first-order valence-corrected chi connectivity index (χ1v) is 8.63. The van der Waals surface area contributed by atoms with Gasteiger partial charge in [-0.3, -0.25) is 9.59 Å². The Labute approximate surface area is 153 Å². The summed E-state index contributed by atoms with van der Waals surface area (Å²) < 4.78 is 2.04. The number of amides is 1. The third-order valence-corrected chi connectivity index (χ3v) is 4.35. The highest BCUT2D eigenvalue weighted by Gasteiger charge is 2.18. The Morgan fingerprint density at radius 1 is 1.00 bits per heavy atom. The van der Waals surface area contributed by atoms with Crippen LogP contribution in [0.3, 0.4) is 0 Å². The molecule has 1 unspecified atom stereocenters. The zero-order valence-electron chi connectivity index (χ0n) is 15.0. The van der Waals surface area contributed by atoms with Crippen LogP contribution in [-0.4, -0.2) is 16.3 Å². The van der Waals surface area contributed by atoms with Crippen LogP contribution in [0.25, 0.3) is 0 Å². The molecule has 4 heteroatoms. The molecule has 1 amide bonds. The highest BCUT2D eigenvalue weighted by Crippen LogP contribution is 2.24. The van der Waals surface area contributed by atoms with Crippen LogP contribution >= 0.6 is 0 Å². The van der Waals surface area contributed by atoms with Crippen LogP contribution in [0.15, 0.2) is 73.1 Å². The van der Waals surface area contributed by atoms with E-state index in [2.05, 4.69) is 11.4 Å². The van der Waals surface area contributed by atoms with E-state index < -0.39 is 0 Å². The van der Waals surface area contributed by atoms with Gasteiger partial charge in [0.15, 0.2) is 5.78 Å². The standard InChI is InChI=1S/C22H22N2O2/c1-16-7-5-9-19(13-16)21(24-11-3-4-12-24)15-22(26)23-20-10-6-8-18(14-20)17(2)25/h3-14,21H,15H2,1-2H3,(H,23,26). The molecule has 0 aliphatic rings. The maximum atomic E-state index is 12.6. The van der Waals surface area contributed by atoms with Crippen LogP contribution in [-0.2, 0) is 4.79 Å². The molecular formula is C22H22N2O2. The van der Waals surface area contributed by atoms with Crippen molar-refractivity contribution in [3.63, 3.8) is 0 Å². The predicted octanol–water partition coefficient (Wildman–Crippen LogP) is 4.62. The summed E-state index contributed by atoms with van der Waals surface area (Å²) in [5, 5.41) is 2.91. The highest BCUT2D eigenvalue weighted by molar-refractivity contribution is 5.97. The fraction of sp³-hybridized carbons (Fsp3) is 0.182. The summed E-state index contributed by atoms with van der Waals surface area (Å²) in [5.41, 5.74) is 3.48. The molecule has 3 rings (SSSR count). The van der Waals surface area contributed by atoms with E-state index in [1.54, 1.807) is 24.3 Å². The Kier molecular flexibility index (Phi) is 5.32. The van der Waals surface area contributed by atoms with Gasteiger partial charge in [0.05, 0.1) is 12.5 Å². The predicted molar refractivity (Wildman–Crippen MR) is 103 cm³/mol. The summed E-state index contributed by atoms with van der Waals surface area (Å²) >= 11 is 0. The minimum Gasteiger partial charge on any atom is -0.346 e. The Bertz CT molecular complexity index is 913. The van der Waals surface area contributed by atoms with E-state index >= 15 is 0 Å². The Morgan fingerprint density at radius 2 is 1.73 bits per heavy atom. The molecule has 2 aromatic carbocycles. The van der Waals surface area contributed by atoms with Crippen molar-refractivity contribution in [3.05, 3.63) is 89.7 Å².